The van der Waals surface area contributed by atoms with Crippen molar-refractivity contribution in [2.24, 2.45) is 0 Å². The predicted octanol–water partition coefficient (Wildman–Crippen LogP) is 2.04. The van der Waals surface area contributed by atoms with Crippen LogP contribution >= 0.6 is 0 Å². The van der Waals surface area contributed by atoms with E-state index in [0.29, 0.717) is 12.7 Å². The molecule has 1 rings (SSSR count). The van der Waals surface area contributed by atoms with E-state index in [9.17, 15) is 0 Å². The highest BCUT2D eigenvalue weighted by molar-refractivity contribution is 4.82. The van der Waals surface area contributed by atoms with Gasteiger partial charge in [-0.25, -0.2) is 0 Å². The Morgan fingerprint density at radius 3 is 2.62 bits per heavy atom. The number of rotatable bonds is 7. The average molecular weight is 229 g/mol. The van der Waals surface area contributed by atoms with Gasteiger partial charge in [0.05, 0.1) is 11.7 Å². The van der Waals surface area contributed by atoms with Gasteiger partial charge in [-0.1, -0.05) is 0 Å². The molecule has 1 aliphatic heterocycles. The molecule has 0 saturated carbocycles. The Morgan fingerprint density at radius 1 is 1.31 bits per heavy atom. The number of likely N-dealkylation sites (N-methyl/N-ethyl adjacent to an activating group) is 1. The number of aliphatic hydroxyl groups excluding tert-OH is 1. The summed E-state index contributed by atoms with van der Waals surface area (Å²) in [7, 11) is 2.16. The molecule has 0 amide bonds. The molecule has 1 heterocycles. The molecule has 1 saturated heterocycles. The van der Waals surface area contributed by atoms with Gasteiger partial charge in [0.25, 0.3) is 0 Å². The second kappa shape index (κ2) is 6.58. The zero-order valence-corrected chi connectivity index (χ0v) is 11.0. The van der Waals surface area contributed by atoms with E-state index >= 15 is 0 Å². The molecule has 3 nitrogen and oxygen atoms in total. The summed E-state index contributed by atoms with van der Waals surface area (Å²) in [6.45, 7) is 6.83. The van der Waals surface area contributed by atoms with Crippen LogP contribution in [0.5, 0.6) is 0 Å². The lowest BCUT2D eigenvalue weighted by atomic mass is 10.1. The van der Waals surface area contributed by atoms with Gasteiger partial charge in [0.1, 0.15) is 0 Å². The second-order valence-electron chi connectivity index (χ2n) is 5.58. The standard InChI is InChI=1S/C13H27NO2/c1-13(2)8-7-12(16-13)11-14(3)9-5-4-6-10-15/h12,15H,4-11H2,1-3H3. The molecule has 16 heavy (non-hydrogen) atoms. The summed E-state index contributed by atoms with van der Waals surface area (Å²) in [6, 6.07) is 0. The highest BCUT2D eigenvalue weighted by Crippen LogP contribution is 2.29. The minimum Gasteiger partial charge on any atom is -0.396 e. The first-order chi connectivity index (χ1) is 7.53. The van der Waals surface area contributed by atoms with Gasteiger partial charge in [0.2, 0.25) is 0 Å². The van der Waals surface area contributed by atoms with Crippen molar-refractivity contribution in [3.05, 3.63) is 0 Å². The maximum Gasteiger partial charge on any atom is 0.0710 e. The minimum atomic E-state index is 0.0857. The summed E-state index contributed by atoms with van der Waals surface area (Å²) in [5.74, 6) is 0. The minimum absolute atomic E-state index is 0.0857. The quantitative estimate of drug-likeness (QED) is 0.678. The zero-order chi connectivity index (χ0) is 12.0. The van der Waals surface area contributed by atoms with Crippen molar-refractivity contribution in [2.45, 2.75) is 57.7 Å². The van der Waals surface area contributed by atoms with Crippen LogP contribution in [0.3, 0.4) is 0 Å². The van der Waals surface area contributed by atoms with Crippen LogP contribution in [-0.4, -0.2) is 48.5 Å². The van der Waals surface area contributed by atoms with E-state index in [-0.39, 0.29) is 5.60 Å². The molecular weight excluding hydrogens is 202 g/mol. The maximum absolute atomic E-state index is 8.69. The van der Waals surface area contributed by atoms with Crippen molar-refractivity contribution in [1.29, 1.82) is 0 Å². The van der Waals surface area contributed by atoms with Gasteiger partial charge in [-0.3, -0.25) is 0 Å². The highest BCUT2D eigenvalue weighted by Gasteiger charge is 2.31. The van der Waals surface area contributed by atoms with Crippen LogP contribution in [0.4, 0.5) is 0 Å². The van der Waals surface area contributed by atoms with Crippen LogP contribution in [0.2, 0.25) is 0 Å². The van der Waals surface area contributed by atoms with Gasteiger partial charge in [0.15, 0.2) is 0 Å². The molecule has 1 aliphatic rings. The van der Waals surface area contributed by atoms with E-state index in [1.165, 1.54) is 19.3 Å². The molecule has 0 aromatic carbocycles. The molecule has 0 aromatic rings. The Morgan fingerprint density at radius 2 is 2.06 bits per heavy atom. The molecule has 1 unspecified atom stereocenters. The normalized spacial score (nSPS) is 24.2. The predicted molar refractivity (Wildman–Crippen MR) is 66.6 cm³/mol. The van der Waals surface area contributed by atoms with Crippen LogP contribution in [0.15, 0.2) is 0 Å². The third kappa shape index (κ3) is 5.28. The van der Waals surface area contributed by atoms with Crippen LogP contribution in [0.1, 0.15) is 46.0 Å². The SMILES string of the molecule is CN(CCCCCO)CC1CCC(C)(C)O1. The summed E-state index contributed by atoms with van der Waals surface area (Å²) in [5.41, 5.74) is 0.0857. The van der Waals surface area contributed by atoms with E-state index in [4.69, 9.17) is 9.84 Å². The molecule has 96 valence electrons. The Balaban J connectivity index is 2.08. The molecule has 1 atom stereocenters. The fraction of sp³-hybridized carbons (Fsp3) is 1.00. The largest absolute Gasteiger partial charge is 0.396 e. The van der Waals surface area contributed by atoms with Gasteiger partial charge in [-0.15, -0.1) is 0 Å². The molecule has 0 aromatic heterocycles. The van der Waals surface area contributed by atoms with E-state index in [2.05, 4.69) is 25.8 Å². The first kappa shape index (κ1) is 13.9. The van der Waals surface area contributed by atoms with Crippen molar-refractivity contribution < 1.29 is 9.84 Å². The molecule has 0 radical (unpaired) electrons. The third-order valence-electron chi connectivity index (χ3n) is 3.27. The summed E-state index contributed by atoms with van der Waals surface area (Å²) < 4.78 is 5.97. The third-order valence-corrected chi connectivity index (χ3v) is 3.27. The molecule has 0 bridgehead atoms. The molecule has 1 N–H and O–H groups in total. The lowest BCUT2D eigenvalue weighted by Gasteiger charge is -2.23. The lowest BCUT2D eigenvalue weighted by molar-refractivity contribution is -0.0260. The van der Waals surface area contributed by atoms with Gasteiger partial charge in [0, 0.05) is 13.2 Å². The van der Waals surface area contributed by atoms with E-state index in [1.807, 2.05) is 0 Å². The molecule has 1 fully saturated rings. The Kier molecular flexibility index (Phi) is 5.73. The smallest absolute Gasteiger partial charge is 0.0710 e. The van der Waals surface area contributed by atoms with Crippen LogP contribution in [-0.2, 0) is 4.74 Å². The van der Waals surface area contributed by atoms with E-state index in [0.717, 1.165) is 25.9 Å². The van der Waals surface area contributed by atoms with Crippen LogP contribution < -0.4 is 0 Å². The number of hydrogen-bond acceptors (Lipinski definition) is 3. The van der Waals surface area contributed by atoms with Gasteiger partial charge >= 0.3 is 0 Å². The monoisotopic (exact) mass is 229 g/mol. The fourth-order valence-corrected chi connectivity index (χ4v) is 2.32. The van der Waals surface area contributed by atoms with Crippen LogP contribution in [0, 0.1) is 0 Å². The zero-order valence-electron chi connectivity index (χ0n) is 11.0. The van der Waals surface area contributed by atoms with Gasteiger partial charge in [-0.2, -0.15) is 0 Å². The Labute approximate surface area is 99.8 Å². The van der Waals surface area contributed by atoms with Crippen molar-refractivity contribution in [1.82, 2.24) is 4.90 Å². The Bertz CT molecular complexity index is 194. The van der Waals surface area contributed by atoms with Crippen LogP contribution in [0.25, 0.3) is 0 Å². The summed E-state index contributed by atoms with van der Waals surface area (Å²) in [5, 5.41) is 8.69. The second-order valence-corrected chi connectivity index (χ2v) is 5.58. The van der Waals surface area contributed by atoms with Gasteiger partial charge < -0.3 is 14.7 Å². The number of hydrogen-bond donors (Lipinski definition) is 1. The fourth-order valence-electron chi connectivity index (χ4n) is 2.32. The maximum atomic E-state index is 8.69. The Hall–Kier alpha value is -0.120. The van der Waals surface area contributed by atoms with Crippen molar-refractivity contribution in [3.8, 4) is 0 Å². The summed E-state index contributed by atoms with van der Waals surface area (Å²) in [6.07, 6.45) is 6.01. The molecule has 3 heteroatoms. The molecule has 0 spiro atoms. The first-order valence-corrected chi connectivity index (χ1v) is 6.51. The lowest BCUT2D eigenvalue weighted by Crippen LogP contribution is -2.31. The van der Waals surface area contributed by atoms with E-state index < -0.39 is 0 Å². The van der Waals surface area contributed by atoms with Crippen molar-refractivity contribution in [3.63, 3.8) is 0 Å². The topological polar surface area (TPSA) is 32.7 Å². The van der Waals surface area contributed by atoms with E-state index in [1.54, 1.807) is 0 Å². The van der Waals surface area contributed by atoms with Crippen molar-refractivity contribution in [2.75, 3.05) is 26.7 Å². The number of ether oxygens (including phenoxy) is 1. The van der Waals surface area contributed by atoms with Crippen molar-refractivity contribution >= 4 is 0 Å². The van der Waals surface area contributed by atoms with Gasteiger partial charge in [-0.05, 0) is 59.5 Å². The molecular formula is C13H27NO2. The number of aliphatic hydroxyl groups is 1. The highest BCUT2D eigenvalue weighted by atomic mass is 16.5. The summed E-state index contributed by atoms with van der Waals surface area (Å²) in [4.78, 5) is 2.35. The number of unbranched alkanes of at least 4 members (excludes halogenated alkanes) is 2. The molecule has 0 aliphatic carbocycles. The summed E-state index contributed by atoms with van der Waals surface area (Å²) >= 11 is 0. The first-order valence-electron chi connectivity index (χ1n) is 6.51. The number of nitrogens with zero attached hydrogens (tertiary/aromatic N) is 1. The average Bonchev–Trinajstić information content (AvgIpc) is 2.53.